The third-order valence-corrected chi connectivity index (χ3v) is 3.81. The molecule has 1 heterocycles. The van der Waals surface area contributed by atoms with Crippen LogP contribution in [-0.4, -0.2) is 19.8 Å². The molecule has 0 bridgehead atoms. The topological polar surface area (TPSA) is 75.4 Å². The van der Waals surface area contributed by atoms with E-state index < -0.39 is 0 Å². The molecule has 0 fully saturated rings. The minimum Gasteiger partial charge on any atom is -0.508 e. The first-order valence-electron chi connectivity index (χ1n) is 7.46. The van der Waals surface area contributed by atoms with Gasteiger partial charge in [0, 0.05) is 17.0 Å². The Morgan fingerprint density at radius 1 is 1.17 bits per heavy atom. The molecule has 0 amide bonds. The van der Waals surface area contributed by atoms with Gasteiger partial charge in [-0.1, -0.05) is 24.3 Å². The van der Waals surface area contributed by atoms with Crippen LogP contribution in [0.5, 0.6) is 5.75 Å². The molecular formula is C18H18N2O3. The molecule has 5 heteroatoms. The van der Waals surface area contributed by atoms with E-state index in [4.69, 9.17) is 0 Å². The minimum absolute atomic E-state index is 0.0512. The molecular weight excluding hydrogens is 292 g/mol. The first kappa shape index (κ1) is 15.2. The second-order valence-corrected chi connectivity index (χ2v) is 5.77. The standard InChI is InChI=1S/C18H18N2O3/c1-11(2)20-16-8-12(10-21)6-7-15(16)17(19-18(20)23)13-4-3-5-14(22)9-13/h3-9,11,21-22H,10H2,1-2H3. The van der Waals surface area contributed by atoms with Gasteiger partial charge in [-0.2, -0.15) is 4.98 Å². The fourth-order valence-electron chi connectivity index (χ4n) is 2.76. The van der Waals surface area contributed by atoms with Crippen molar-refractivity contribution in [2.24, 2.45) is 0 Å². The highest BCUT2D eigenvalue weighted by atomic mass is 16.3. The smallest absolute Gasteiger partial charge is 0.348 e. The second-order valence-electron chi connectivity index (χ2n) is 5.77. The van der Waals surface area contributed by atoms with E-state index in [0.29, 0.717) is 11.3 Å². The minimum atomic E-state index is -0.346. The number of aromatic hydroxyl groups is 1. The van der Waals surface area contributed by atoms with E-state index in [1.807, 2.05) is 32.0 Å². The van der Waals surface area contributed by atoms with Crippen molar-refractivity contribution in [1.29, 1.82) is 0 Å². The van der Waals surface area contributed by atoms with Gasteiger partial charge in [0.05, 0.1) is 17.8 Å². The molecule has 0 aliphatic heterocycles. The maximum atomic E-state index is 12.5. The highest BCUT2D eigenvalue weighted by Crippen LogP contribution is 2.29. The number of hydrogen-bond donors (Lipinski definition) is 2. The number of nitrogens with zero attached hydrogens (tertiary/aromatic N) is 2. The Balaban J connectivity index is 2.41. The summed E-state index contributed by atoms with van der Waals surface area (Å²) in [6.45, 7) is 3.75. The fraction of sp³-hybridized carbons (Fsp3) is 0.222. The summed E-state index contributed by atoms with van der Waals surface area (Å²) in [6, 6.07) is 12.1. The summed E-state index contributed by atoms with van der Waals surface area (Å²) in [5.74, 6) is 0.123. The summed E-state index contributed by atoms with van der Waals surface area (Å²) >= 11 is 0. The number of rotatable bonds is 3. The Morgan fingerprint density at radius 2 is 1.96 bits per heavy atom. The first-order valence-corrected chi connectivity index (χ1v) is 7.46. The lowest BCUT2D eigenvalue weighted by Gasteiger charge is -2.16. The number of hydrogen-bond acceptors (Lipinski definition) is 4. The van der Waals surface area contributed by atoms with Crippen molar-refractivity contribution >= 4 is 10.9 Å². The van der Waals surface area contributed by atoms with Crippen molar-refractivity contribution in [2.75, 3.05) is 0 Å². The van der Waals surface area contributed by atoms with Gasteiger partial charge in [-0.25, -0.2) is 4.79 Å². The molecule has 2 N–H and O–H groups in total. The number of fused-ring (bicyclic) bond motifs is 1. The van der Waals surface area contributed by atoms with E-state index >= 15 is 0 Å². The van der Waals surface area contributed by atoms with Crippen LogP contribution in [0.3, 0.4) is 0 Å². The zero-order chi connectivity index (χ0) is 16.6. The highest BCUT2D eigenvalue weighted by molar-refractivity contribution is 5.93. The van der Waals surface area contributed by atoms with Crippen LogP contribution in [0.15, 0.2) is 47.3 Å². The number of benzene rings is 2. The van der Waals surface area contributed by atoms with E-state index in [1.54, 1.807) is 28.8 Å². The summed E-state index contributed by atoms with van der Waals surface area (Å²) in [5, 5.41) is 19.9. The molecule has 0 aliphatic rings. The summed E-state index contributed by atoms with van der Waals surface area (Å²) in [4.78, 5) is 16.7. The molecule has 5 nitrogen and oxygen atoms in total. The van der Waals surface area contributed by atoms with E-state index in [0.717, 1.165) is 16.5 Å². The lowest BCUT2D eigenvalue weighted by atomic mass is 10.0. The third-order valence-electron chi connectivity index (χ3n) is 3.81. The molecule has 23 heavy (non-hydrogen) atoms. The largest absolute Gasteiger partial charge is 0.508 e. The Morgan fingerprint density at radius 3 is 2.61 bits per heavy atom. The van der Waals surface area contributed by atoms with Crippen LogP contribution in [0.25, 0.3) is 22.2 Å². The predicted molar refractivity (Wildman–Crippen MR) is 89.4 cm³/mol. The Hall–Kier alpha value is -2.66. The monoisotopic (exact) mass is 310 g/mol. The van der Waals surface area contributed by atoms with Crippen molar-refractivity contribution in [1.82, 2.24) is 9.55 Å². The van der Waals surface area contributed by atoms with E-state index in [-0.39, 0.29) is 24.1 Å². The van der Waals surface area contributed by atoms with Gasteiger partial charge < -0.3 is 10.2 Å². The van der Waals surface area contributed by atoms with E-state index in [1.165, 1.54) is 0 Å². The normalized spacial score (nSPS) is 11.3. The van der Waals surface area contributed by atoms with Gasteiger partial charge in [-0.15, -0.1) is 0 Å². The van der Waals surface area contributed by atoms with Gasteiger partial charge >= 0.3 is 5.69 Å². The van der Waals surface area contributed by atoms with E-state index in [9.17, 15) is 15.0 Å². The van der Waals surface area contributed by atoms with Gasteiger partial charge in [0.1, 0.15) is 5.75 Å². The SMILES string of the molecule is CC(C)n1c(=O)nc(-c2cccc(O)c2)c2ccc(CO)cc21. The summed E-state index contributed by atoms with van der Waals surface area (Å²) < 4.78 is 1.61. The van der Waals surface area contributed by atoms with Crippen LogP contribution in [0.2, 0.25) is 0 Å². The van der Waals surface area contributed by atoms with Crippen molar-refractivity contribution in [3.05, 3.63) is 58.5 Å². The molecule has 118 valence electrons. The van der Waals surface area contributed by atoms with Crippen LogP contribution in [0.4, 0.5) is 0 Å². The van der Waals surface area contributed by atoms with Gasteiger partial charge in [-0.05, 0) is 37.6 Å². The van der Waals surface area contributed by atoms with Crippen LogP contribution in [0, 0.1) is 0 Å². The van der Waals surface area contributed by atoms with Crippen LogP contribution < -0.4 is 5.69 Å². The fourth-order valence-corrected chi connectivity index (χ4v) is 2.76. The van der Waals surface area contributed by atoms with Gasteiger partial charge in [0.25, 0.3) is 0 Å². The predicted octanol–water partition coefficient (Wildman–Crippen LogP) is 2.84. The van der Waals surface area contributed by atoms with Crippen molar-refractivity contribution < 1.29 is 10.2 Å². The van der Waals surface area contributed by atoms with Gasteiger partial charge in [0.15, 0.2) is 0 Å². The molecule has 0 saturated heterocycles. The Labute approximate surface area is 133 Å². The Bertz CT molecular complexity index is 929. The molecule has 0 atom stereocenters. The molecule has 0 aliphatic carbocycles. The number of phenolic OH excluding ortho intramolecular Hbond substituents is 1. The summed E-state index contributed by atoms with van der Waals surface area (Å²) in [6.07, 6.45) is 0. The molecule has 3 aromatic rings. The first-order chi connectivity index (χ1) is 11.0. The molecule has 2 aromatic carbocycles. The zero-order valence-corrected chi connectivity index (χ0v) is 13.0. The van der Waals surface area contributed by atoms with Crippen LogP contribution in [-0.2, 0) is 6.61 Å². The summed E-state index contributed by atoms with van der Waals surface area (Å²) in [5.41, 5.74) is 2.33. The molecule has 1 aromatic heterocycles. The molecule has 3 rings (SSSR count). The molecule has 0 radical (unpaired) electrons. The number of aliphatic hydroxyl groups excluding tert-OH is 1. The molecule has 0 spiro atoms. The quantitative estimate of drug-likeness (QED) is 0.780. The number of aromatic nitrogens is 2. The van der Waals surface area contributed by atoms with E-state index in [2.05, 4.69) is 4.98 Å². The molecule has 0 unspecified atom stereocenters. The average molecular weight is 310 g/mol. The Kier molecular flexibility index (Phi) is 3.88. The molecule has 0 saturated carbocycles. The maximum absolute atomic E-state index is 12.5. The second kappa shape index (κ2) is 5.85. The third kappa shape index (κ3) is 2.71. The van der Waals surface area contributed by atoms with Crippen molar-refractivity contribution in [3.8, 4) is 17.0 Å². The lowest BCUT2D eigenvalue weighted by Crippen LogP contribution is -2.25. The summed E-state index contributed by atoms with van der Waals surface area (Å²) in [7, 11) is 0. The van der Waals surface area contributed by atoms with Crippen LogP contribution in [0.1, 0.15) is 25.5 Å². The highest BCUT2D eigenvalue weighted by Gasteiger charge is 2.14. The number of aliphatic hydroxyl groups is 1. The zero-order valence-electron chi connectivity index (χ0n) is 13.0. The average Bonchev–Trinajstić information content (AvgIpc) is 2.53. The van der Waals surface area contributed by atoms with Crippen molar-refractivity contribution in [2.45, 2.75) is 26.5 Å². The van der Waals surface area contributed by atoms with Gasteiger partial charge in [0.2, 0.25) is 0 Å². The number of phenols is 1. The van der Waals surface area contributed by atoms with Gasteiger partial charge in [-0.3, -0.25) is 4.57 Å². The maximum Gasteiger partial charge on any atom is 0.348 e. The van der Waals surface area contributed by atoms with Crippen molar-refractivity contribution in [3.63, 3.8) is 0 Å². The lowest BCUT2D eigenvalue weighted by molar-refractivity contribution is 0.282. The van der Waals surface area contributed by atoms with Crippen LogP contribution >= 0.6 is 0 Å².